The molecule has 5 nitrogen and oxygen atoms in total. The van der Waals surface area contributed by atoms with Crippen molar-refractivity contribution in [3.05, 3.63) is 64.3 Å². The van der Waals surface area contributed by atoms with E-state index in [1.54, 1.807) is 0 Å². The van der Waals surface area contributed by atoms with Crippen molar-refractivity contribution in [2.75, 3.05) is 0 Å². The zero-order valence-electron chi connectivity index (χ0n) is 9.35. The molecule has 0 aliphatic carbocycles. The van der Waals surface area contributed by atoms with Gasteiger partial charge in [0.25, 0.3) is 0 Å². The van der Waals surface area contributed by atoms with E-state index in [-0.39, 0.29) is 10.7 Å². The van der Waals surface area contributed by atoms with Crippen LogP contribution in [0.15, 0.2) is 53.7 Å². The van der Waals surface area contributed by atoms with Crippen molar-refractivity contribution in [1.29, 1.82) is 0 Å². The highest BCUT2D eigenvalue weighted by Crippen LogP contribution is 2.27. The Hall–Kier alpha value is -1.92. The van der Waals surface area contributed by atoms with E-state index in [9.17, 15) is 10.1 Å². The normalized spacial score (nSPS) is 10.2. The smallest absolute Gasteiger partial charge is 0.303 e. The SMILES string of the molecule is O=[N+]([O-])c1cccnc1SOCc1ccccc1. The van der Waals surface area contributed by atoms with E-state index in [1.165, 1.54) is 18.3 Å². The van der Waals surface area contributed by atoms with Gasteiger partial charge >= 0.3 is 5.69 Å². The van der Waals surface area contributed by atoms with E-state index in [0.717, 1.165) is 17.6 Å². The molecule has 0 bridgehead atoms. The van der Waals surface area contributed by atoms with Gasteiger partial charge in [0.15, 0.2) is 0 Å². The maximum atomic E-state index is 10.8. The summed E-state index contributed by atoms with van der Waals surface area (Å²) in [6.07, 6.45) is 1.50. The third kappa shape index (κ3) is 3.28. The lowest BCUT2D eigenvalue weighted by Gasteiger charge is -2.02. The largest absolute Gasteiger partial charge is 0.304 e. The van der Waals surface area contributed by atoms with Crippen LogP contribution < -0.4 is 0 Å². The number of aromatic nitrogens is 1. The van der Waals surface area contributed by atoms with E-state index < -0.39 is 4.92 Å². The minimum Gasteiger partial charge on any atom is -0.304 e. The van der Waals surface area contributed by atoms with Crippen LogP contribution in [0, 0.1) is 10.1 Å². The van der Waals surface area contributed by atoms with Crippen molar-refractivity contribution >= 4 is 17.7 Å². The highest BCUT2D eigenvalue weighted by Gasteiger charge is 2.15. The summed E-state index contributed by atoms with van der Waals surface area (Å²) in [5.41, 5.74) is 0.958. The number of benzene rings is 1. The molecule has 1 aromatic heterocycles. The first-order valence-corrected chi connectivity index (χ1v) is 5.94. The van der Waals surface area contributed by atoms with Crippen LogP contribution in [0.25, 0.3) is 0 Å². The number of nitro groups is 1. The predicted molar refractivity (Wildman–Crippen MR) is 68.0 cm³/mol. The molecule has 0 saturated heterocycles. The Morgan fingerprint density at radius 2 is 2.00 bits per heavy atom. The van der Waals surface area contributed by atoms with Crippen LogP contribution >= 0.6 is 12.0 Å². The first-order valence-electron chi connectivity index (χ1n) is 5.20. The molecule has 6 heteroatoms. The Morgan fingerprint density at radius 3 is 2.72 bits per heavy atom. The first-order chi connectivity index (χ1) is 8.77. The maximum absolute atomic E-state index is 10.8. The molecule has 0 saturated carbocycles. The van der Waals surface area contributed by atoms with Crippen molar-refractivity contribution < 1.29 is 9.11 Å². The summed E-state index contributed by atoms with van der Waals surface area (Å²) in [7, 11) is 0. The molecule has 0 atom stereocenters. The molecule has 92 valence electrons. The van der Waals surface area contributed by atoms with Crippen molar-refractivity contribution in [3.8, 4) is 0 Å². The van der Waals surface area contributed by atoms with E-state index in [4.69, 9.17) is 4.18 Å². The van der Waals surface area contributed by atoms with E-state index in [2.05, 4.69) is 4.98 Å². The van der Waals surface area contributed by atoms with Crippen LogP contribution in [0.3, 0.4) is 0 Å². The van der Waals surface area contributed by atoms with Crippen LogP contribution in [0.5, 0.6) is 0 Å². The zero-order chi connectivity index (χ0) is 12.8. The minimum atomic E-state index is -0.471. The van der Waals surface area contributed by atoms with Gasteiger partial charge in [-0.1, -0.05) is 30.3 Å². The Balaban J connectivity index is 1.97. The highest BCUT2D eigenvalue weighted by molar-refractivity contribution is 7.94. The van der Waals surface area contributed by atoms with Gasteiger partial charge < -0.3 is 4.18 Å². The predicted octanol–water partition coefficient (Wildman–Crippen LogP) is 3.21. The molecule has 1 aromatic carbocycles. The van der Waals surface area contributed by atoms with Gasteiger partial charge in [0, 0.05) is 12.3 Å². The molecule has 0 unspecified atom stereocenters. The molecule has 0 aliphatic rings. The van der Waals surface area contributed by atoms with Gasteiger partial charge in [0.1, 0.15) is 0 Å². The molecule has 0 spiro atoms. The number of pyridine rings is 1. The molecule has 2 aromatic rings. The fourth-order valence-electron chi connectivity index (χ4n) is 1.31. The van der Waals surface area contributed by atoms with Gasteiger partial charge in [-0.05, 0) is 11.6 Å². The number of nitrogens with zero attached hydrogens (tertiary/aromatic N) is 2. The second-order valence-corrected chi connectivity index (χ2v) is 4.20. The average molecular weight is 262 g/mol. The molecule has 0 N–H and O–H groups in total. The van der Waals surface area contributed by atoms with Crippen LogP contribution in [0.4, 0.5) is 5.69 Å². The van der Waals surface area contributed by atoms with Crippen LogP contribution in [-0.2, 0) is 10.8 Å². The maximum Gasteiger partial charge on any atom is 0.303 e. The quantitative estimate of drug-likeness (QED) is 0.470. The van der Waals surface area contributed by atoms with E-state index >= 15 is 0 Å². The lowest BCUT2D eigenvalue weighted by molar-refractivity contribution is -0.388. The molecular weight excluding hydrogens is 252 g/mol. The van der Waals surface area contributed by atoms with E-state index in [0.29, 0.717) is 6.61 Å². The van der Waals surface area contributed by atoms with Gasteiger partial charge in [0.2, 0.25) is 5.03 Å². The summed E-state index contributed by atoms with van der Waals surface area (Å²) in [6.45, 7) is 0.374. The Labute approximate surface area is 108 Å². The van der Waals surface area contributed by atoms with Gasteiger partial charge in [-0.3, -0.25) is 10.1 Å². The average Bonchev–Trinajstić information content (AvgIpc) is 2.40. The standard InChI is InChI=1S/C12H10N2O3S/c15-14(16)11-7-4-8-13-12(11)18-17-9-10-5-2-1-3-6-10/h1-8H,9H2. The fourth-order valence-corrected chi connectivity index (χ4v) is 1.95. The molecular formula is C12H10N2O3S. The Bertz CT molecular complexity index is 534. The third-order valence-electron chi connectivity index (χ3n) is 2.15. The van der Waals surface area contributed by atoms with Gasteiger partial charge in [-0.15, -0.1) is 0 Å². The number of hydrogen-bond acceptors (Lipinski definition) is 5. The zero-order valence-corrected chi connectivity index (χ0v) is 10.2. The molecule has 18 heavy (non-hydrogen) atoms. The van der Waals surface area contributed by atoms with Crippen molar-refractivity contribution in [2.24, 2.45) is 0 Å². The number of rotatable bonds is 5. The second-order valence-electron chi connectivity index (χ2n) is 3.42. The summed E-state index contributed by atoms with van der Waals surface area (Å²) < 4.78 is 5.35. The summed E-state index contributed by atoms with van der Waals surface area (Å²) >= 11 is 0.917. The summed E-state index contributed by atoms with van der Waals surface area (Å²) in [5.74, 6) is 0. The lowest BCUT2D eigenvalue weighted by Crippen LogP contribution is -1.93. The first kappa shape index (κ1) is 12.5. The highest BCUT2D eigenvalue weighted by atomic mass is 32.2. The molecule has 0 radical (unpaired) electrons. The van der Waals surface area contributed by atoms with Crippen molar-refractivity contribution in [2.45, 2.75) is 11.6 Å². The van der Waals surface area contributed by atoms with Gasteiger partial charge in [-0.25, -0.2) is 4.98 Å². The monoisotopic (exact) mass is 262 g/mol. The lowest BCUT2D eigenvalue weighted by atomic mass is 10.2. The summed E-state index contributed by atoms with van der Waals surface area (Å²) in [5, 5.41) is 11.0. The van der Waals surface area contributed by atoms with Crippen LogP contribution in [0.1, 0.15) is 5.56 Å². The van der Waals surface area contributed by atoms with Crippen molar-refractivity contribution in [3.63, 3.8) is 0 Å². The van der Waals surface area contributed by atoms with Crippen LogP contribution in [-0.4, -0.2) is 9.91 Å². The molecule has 0 fully saturated rings. The van der Waals surface area contributed by atoms with Crippen molar-refractivity contribution in [1.82, 2.24) is 4.98 Å². The minimum absolute atomic E-state index is 0.0458. The van der Waals surface area contributed by atoms with Crippen LogP contribution in [0.2, 0.25) is 0 Å². The topological polar surface area (TPSA) is 65.3 Å². The second kappa shape index (κ2) is 6.13. The Kier molecular flexibility index (Phi) is 4.27. The fraction of sp³-hybridized carbons (Fsp3) is 0.0833. The summed E-state index contributed by atoms with van der Waals surface area (Å²) in [6, 6.07) is 12.5. The molecule has 2 rings (SSSR count). The third-order valence-corrected chi connectivity index (χ3v) is 2.86. The molecule has 0 amide bonds. The molecule has 0 aliphatic heterocycles. The van der Waals surface area contributed by atoms with Gasteiger partial charge in [-0.2, -0.15) is 0 Å². The molecule has 1 heterocycles. The number of hydrogen-bond donors (Lipinski definition) is 0. The van der Waals surface area contributed by atoms with Gasteiger partial charge in [0.05, 0.1) is 23.6 Å². The van der Waals surface area contributed by atoms with E-state index in [1.807, 2.05) is 30.3 Å². The Morgan fingerprint density at radius 1 is 1.22 bits per heavy atom. The summed E-state index contributed by atoms with van der Waals surface area (Å²) in [4.78, 5) is 14.2.